The van der Waals surface area contributed by atoms with E-state index in [0.29, 0.717) is 18.9 Å². The third kappa shape index (κ3) is 4.59. The highest BCUT2D eigenvalue weighted by molar-refractivity contribution is 5.76. The number of rotatable bonds is 7. The second-order valence-electron chi connectivity index (χ2n) is 5.44. The van der Waals surface area contributed by atoms with Gasteiger partial charge in [0.1, 0.15) is 5.82 Å². The zero-order chi connectivity index (χ0) is 15.1. The maximum absolute atomic E-state index is 11.9. The van der Waals surface area contributed by atoms with E-state index in [2.05, 4.69) is 41.2 Å². The van der Waals surface area contributed by atoms with Crippen LogP contribution in [0.25, 0.3) is 0 Å². The standard InChI is InChI=1S/C17H25N3O/c1-3-20(4-2)16-10-9-15(12-18-16)13-19-17(21)11-14-7-5-6-8-14/h5,7,9-10,12,14H,3-4,6,8,11,13H2,1-2H3,(H,19,21)/t14-/m0/s1. The third-order valence-electron chi connectivity index (χ3n) is 3.95. The Hall–Kier alpha value is -1.84. The fourth-order valence-electron chi connectivity index (χ4n) is 2.63. The first-order chi connectivity index (χ1) is 10.2. The number of hydrogen-bond donors (Lipinski definition) is 1. The topological polar surface area (TPSA) is 45.2 Å². The molecule has 0 spiro atoms. The quantitative estimate of drug-likeness (QED) is 0.784. The number of pyridine rings is 1. The Balaban J connectivity index is 1.80. The maximum atomic E-state index is 11.9. The van der Waals surface area contributed by atoms with Crippen LogP contribution in [0.1, 0.15) is 38.7 Å². The van der Waals surface area contributed by atoms with Crippen LogP contribution in [0.2, 0.25) is 0 Å². The van der Waals surface area contributed by atoms with Crippen molar-refractivity contribution in [1.29, 1.82) is 0 Å². The molecule has 0 unspecified atom stereocenters. The second kappa shape index (κ2) is 7.81. The first-order valence-corrected chi connectivity index (χ1v) is 7.86. The second-order valence-corrected chi connectivity index (χ2v) is 5.44. The summed E-state index contributed by atoms with van der Waals surface area (Å²) in [7, 11) is 0. The van der Waals surface area contributed by atoms with E-state index in [1.807, 2.05) is 18.3 Å². The highest BCUT2D eigenvalue weighted by Crippen LogP contribution is 2.20. The maximum Gasteiger partial charge on any atom is 0.220 e. The van der Waals surface area contributed by atoms with Gasteiger partial charge in [-0.25, -0.2) is 4.98 Å². The highest BCUT2D eigenvalue weighted by Gasteiger charge is 2.13. The predicted molar refractivity (Wildman–Crippen MR) is 86.1 cm³/mol. The van der Waals surface area contributed by atoms with E-state index >= 15 is 0 Å². The molecular formula is C17H25N3O. The summed E-state index contributed by atoms with van der Waals surface area (Å²) in [5.41, 5.74) is 1.04. The van der Waals surface area contributed by atoms with Gasteiger partial charge in [-0.1, -0.05) is 18.2 Å². The van der Waals surface area contributed by atoms with Gasteiger partial charge >= 0.3 is 0 Å². The van der Waals surface area contributed by atoms with Crippen molar-refractivity contribution in [3.63, 3.8) is 0 Å². The summed E-state index contributed by atoms with van der Waals surface area (Å²) in [4.78, 5) is 18.5. The molecule has 2 rings (SSSR count). The Morgan fingerprint density at radius 2 is 2.19 bits per heavy atom. The summed E-state index contributed by atoms with van der Waals surface area (Å²) < 4.78 is 0. The normalized spacial score (nSPS) is 17.0. The summed E-state index contributed by atoms with van der Waals surface area (Å²) >= 11 is 0. The third-order valence-corrected chi connectivity index (χ3v) is 3.95. The molecule has 1 aliphatic rings. The molecule has 0 radical (unpaired) electrons. The lowest BCUT2D eigenvalue weighted by Crippen LogP contribution is -2.25. The predicted octanol–water partition coefficient (Wildman–Crippen LogP) is 2.90. The molecule has 0 bridgehead atoms. The van der Waals surface area contributed by atoms with E-state index in [-0.39, 0.29) is 5.91 Å². The molecule has 0 aromatic carbocycles. The van der Waals surface area contributed by atoms with Gasteiger partial charge in [-0.3, -0.25) is 4.79 Å². The van der Waals surface area contributed by atoms with E-state index in [0.717, 1.165) is 37.3 Å². The number of hydrogen-bond acceptors (Lipinski definition) is 3. The lowest BCUT2D eigenvalue weighted by Gasteiger charge is -2.19. The molecule has 1 N–H and O–H groups in total. The van der Waals surface area contributed by atoms with Gasteiger partial charge in [-0.05, 0) is 44.2 Å². The van der Waals surface area contributed by atoms with E-state index < -0.39 is 0 Å². The van der Waals surface area contributed by atoms with Crippen LogP contribution in [-0.4, -0.2) is 24.0 Å². The smallest absolute Gasteiger partial charge is 0.220 e. The lowest BCUT2D eigenvalue weighted by atomic mass is 10.1. The molecule has 1 aromatic heterocycles. The molecule has 21 heavy (non-hydrogen) atoms. The highest BCUT2D eigenvalue weighted by atomic mass is 16.1. The summed E-state index contributed by atoms with van der Waals surface area (Å²) in [5.74, 6) is 1.54. The zero-order valence-electron chi connectivity index (χ0n) is 13.0. The number of nitrogens with zero attached hydrogens (tertiary/aromatic N) is 2. The molecule has 4 nitrogen and oxygen atoms in total. The Labute approximate surface area is 127 Å². The Morgan fingerprint density at radius 1 is 1.38 bits per heavy atom. The fraction of sp³-hybridized carbons (Fsp3) is 0.529. The molecule has 1 atom stereocenters. The molecule has 0 saturated carbocycles. The van der Waals surface area contributed by atoms with E-state index in [1.54, 1.807) is 0 Å². The van der Waals surface area contributed by atoms with E-state index in [4.69, 9.17) is 0 Å². The van der Waals surface area contributed by atoms with Gasteiger partial charge in [-0.15, -0.1) is 0 Å². The van der Waals surface area contributed by atoms with Gasteiger partial charge in [0, 0.05) is 32.3 Å². The largest absolute Gasteiger partial charge is 0.357 e. The van der Waals surface area contributed by atoms with E-state index in [1.165, 1.54) is 0 Å². The number of carbonyl (C=O) groups excluding carboxylic acids is 1. The Bertz CT molecular complexity index is 477. The van der Waals surface area contributed by atoms with Gasteiger partial charge in [0.25, 0.3) is 0 Å². The van der Waals surface area contributed by atoms with Crippen LogP contribution in [0.5, 0.6) is 0 Å². The first-order valence-electron chi connectivity index (χ1n) is 7.86. The number of carbonyl (C=O) groups is 1. The average Bonchev–Trinajstić information content (AvgIpc) is 3.00. The number of aromatic nitrogens is 1. The van der Waals surface area contributed by atoms with Gasteiger partial charge in [0.15, 0.2) is 0 Å². The molecule has 1 heterocycles. The Morgan fingerprint density at radius 3 is 2.76 bits per heavy atom. The van der Waals surface area contributed by atoms with Crippen LogP contribution in [0.4, 0.5) is 5.82 Å². The molecule has 0 aliphatic heterocycles. The van der Waals surface area contributed by atoms with Crippen LogP contribution < -0.4 is 10.2 Å². The van der Waals surface area contributed by atoms with Crippen molar-refractivity contribution in [2.45, 2.75) is 39.7 Å². The molecule has 4 heteroatoms. The number of amides is 1. The summed E-state index contributed by atoms with van der Waals surface area (Å²) in [6.45, 7) is 6.71. The van der Waals surface area contributed by atoms with Crippen LogP contribution >= 0.6 is 0 Å². The van der Waals surface area contributed by atoms with Crippen molar-refractivity contribution in [1.82, 2.24) is 10.3 Å². The lowest BCUT2D eigenvalue weighted by molar-refractivity contribution is -0.121. The van der Waals surface area contributed by atoms with Crippen LogP contribution in [0.15, 0.2) is 30.5 Å². The summed E-state index contributed by atoms with van der Waals surface area (Å²) in [6, 6.07) is 4.06. The van der Waals surface area contributed by atoms with Gasteiger partial charge in [0.2, 0.25) is 5.91 Å². The van der Waals surface area contributed by atoms with Crippen molar-refractivity contribution in [2.24, 2.45) is 5.92 Å². The molecule has 114 valence electrons. The summed E-state index contributed by atoms with van der Waals surface area (Å²) in [5, 5.41) is 2.98. The van der Waals surface area contributed by atoms with Crippen LogP contribution in [0.3, 0.4) is 0 Å². The van der Waals surface area contributed by atoms with Crippen LogP contribution in [0, 0.1) is 5.92 Å². The molecular weight excluding hydrogens is 262 g/mol. The van der Waals surface area contributed by atoms with Crippen molar-refractivity contribution in [3.05, 3.63) is 36.0 Å². The zero-order valence-corrected chi connectivity index (χ0v) is 13.0. The van der Waals surface area contributed by atoms with Crippen LogP contribution in [-0.2, 0) is 11.3 Å². The Kier molecular flexibility index (Phi) is 5.78. The van der Waals surface area contributed by atoms with Gasteiger partial charge in [-0.2, -0.15) is 0 Å². The monoisotopic (exact) mass is 287 g/mol. The number of allylic oxidation sites excluding steroid dienone is 2. The minimum Gasteiger partial charge on any atom is -0.357 e. The number of nitrogens with one attached hydrogen (secondary N) is 1. The summed E-state index contributed by atoms with van der Waals surface area (Å²) in [6.07, 6.45) is 8.97. The molecule has 0 fully saturated rings. The minimum absolute atomic E-state index is 0.124. The fourth-order valence-corrected chi connectivity index (χ4v) is 2.63. The number of anilines is 1. The van der Waals surface area contributed by atoms with Gasteiger partial charge < -0.3 is 10.2 Å². The molecule has 1 aromatic rings. The first kappa shape index (κ1) is 15.5. The minimum atomic E-state index is 0.124. The van der Waals surface area contributed by atoms with E-state index in [9.17, 15) is 4.79 Å². The molecule has 0 saturated heterocycles. The average molecular weight is 287 g/mol. The molecule has 1 aliphatic carbocycles. The van der Waals surface area contributed by atoms with Crippen molar-refractivity contribution in [2.75, 3.05) is 18.0 Å². The van der Waals surface area contributed by atoms with Crippen molar-refractivity contribution >= 4 is 11.7 Å². The molecule has 1 amide bonds. The van der Waals surface area contributed by atoms with Gasteiger partial charge in [0.05, 0.1) is 0 Å². The van der Waals surface area contributed by atoms with Crippen molar-refractivity contribution in [3.8, 4) is 0 Å². The van der Waals surface area contributed by atoms with Crippen molar-refractivity contribution < 1.29 is 4.79 Å². The SMILES string of the molecule is CCN(CC)c1ccc(CNC(=O)C[C@H]2C=CCC2)cn1.